The molecular formula is C23H24N2O3. The Bertz CT molecular complexity index is 1030. The number of nitrogens with one attached hydrogen (secondary N) is 1. The number of piperidine rings is 1. The highest BCUT2D eigenvalue weighted by Gasteiger charge is 2.24. The van der Waals surface area contributed by atoms with Gasteiger partial charge in [0.15, 0.2) is 0 Å². The van der Waals surface area contributed by atoms with E-state index in [9.17, 15) is 9.59 Å². The van der Waals surface area contributed by atoms with Gasteiger partial charge in [-0.1, -0.05) is 31.5 Å². The molecule has 3 aromatic rings. The first-order valence-electron chi connectivity index (χ1n) is 9.83. The number of rotatable bonds is 4. The molecule has 0 aliphatic carbocycles. The predicted octanol–water partition coefficient (Wildman–Crippen LogP) is 4.58. The molecule has 1 saturated heterocycles. The van der Waals surface area contributed by atoms with E-state index in [1.807, 2.05) is 36.4 Å². The van der Waals surface area contributed by atoms with Crippen LogP contribution in [0.4, 0.5) is 0 Å². The zero-order valence-electron chi connectivity index (χ0n) is 16.0. The Morgan fingerprint density at radius 3 is 2.57 bits per heavy atom. The maximum absolute atomic E-state index is 13.0. The fourth-order valence-corrected chi connectivity index (χ4v) is 3.76. The average Bonchev–Trinajstić information content (AvgIpc) is 2.75. The third kappa shape index (κ3) is 3.65. The van der Waals surface area contributed by atoms with Crippen LogP contribution in [0.1, 0.15) is 36.5 Å². The molecule has 1 amide bonds. The number of amides is 1. The van der Waals surface area contributed by atoms with E-state index in [2.05, 4.69) is 11.9 Å². The number of ether oxygens (including phenoxy) is 1. The van der Waals surface area contributed by atoms with Crippen LogP contribution < -0.4 is 10.2 Å². The zero-order chi connectivity index (χ0) is 19.5. The van der Waals surface area contributed by atoms with Gasteiger partial charge in [-0.15, -0.1) is 0 Å². The van der Waals surface area contributed by atoms with E-state index in [4.69, 9.17) is 4.74 Å². The molecule has 1 fully saturated rings. The molecule has 0 atom stereocenters. The largest absolute Gasteiger partial charge is 0.457 e. The van der Waals surface area contributed by atoms with E-state index in [-0.39, 0.29) is 16.9 Å². The topological polar surface area (TPSA) is 62.4 Å². The Labute approximate surface area is 163 Å². The third-order valence-electron chi connectivity index (χ3n) is 5.54. The highest BCUT2D eigenvalue weighted by molar-refractivity contribution is 5.97. The maximum atomic E-state index is 13.0. The van der Waals surface area contributed by atoms with Gasteiger partial charge in [-0.25, -0.2) is 0 Å². The zero-order valence-corrected chi connectivity index (χ0v) is 16.0. The normalized spacial score (nSPS) is 15.0. The molecule has 0 radical (unpaired) electrons. The molecule has 28 heavy (non-hydrogen) atoms. The lowest BCUT2D eigenvalue weighted by molar-refractivity contribution is 0.0687. The van der Waals surface area contributed by atoms with E-state index in [0.717, 1.165) is 19.3 Å². The second kappa shape index (κ2) is 7.89. The summed E-state index contributed by atoms with van der Waals surface area (Å²) in [7, 11) is 0. The van der Waals surface area contributed by atoms with Crippen LogP contribution in [0.2, 0.25) is 0 Å². The van der Waals surface area contributed by atoms with Crippen LogP contribution >= 0.6 is 0 Å². The monoisotopic (exact) mass is 376 g/mol. The van der Waals surface area contributed by atoms with Crippen LogP contribution in [0.25, 0.3) is 10.9 Å². The average molecular weight is 376 g/mol. The molecule has 2 aromatic carbocycles. The van der Waals surface area contributed by atoms with Gasteiger partial charge >= 0.3 is 0 Å². The minimum atomic E-state index is -0.255. The van der Waals surface area contributed by atoms with E-state index >= 15 is 0 Å². The quantitative estimate of drug-likeness (QED) is 0.725. The summed E-state index contributed by atoms with van der Waals surface area (Å²) in [5.41, 5.74) is 0.626. The Morgan fingerprint density at radius 1 is 1.11 bits per heavy atom. The van der Waals surface area contributed by atoms with E-state index in [0.29, 0.717) is 41.4 Å². The maximum Gasteiger partial charge on any atom is 0.259 e. The van der Waals surface area contributed by atoms with Crippen molar-refractivity contribution in [2.24, 2.45) is 5.92 Å². The van der Waals surface area contributed by atoms with Crippen molar-refractivity contribution in [1.82, 2.24) is 9.88 Å². The molecule has 5 nitrogen and oxygen atoms in total. The summed E-state index contributed by atoms with van der Waals surface area (Å²) in [5.74, 6) is 1.76. The molecular weight excluding hydrogens is 352 g/mol. The van der Waals surface area contributed by atoms with Crippen molar-refractivity contribution in [3.05, 3.63) is 70.5 Å². The van der Waals surface area contributed by atoms with Crippen molar-refractivity contribution in [2.45, 2.75) is 26.2 Å². The fourth-order valence-electron chi connectivity index (χ4n) is 3.76. The molecule has 0 unspecified atom stereocenters. The lowest BCUT2D eigenvalue weighted by Crippen LogP contribution is -2.40. The van der Waals surface area contributed by atoms with Gasteiger partial charge in [0.05, 0.1) is 0 Å². The number of hydrogen-bond acceptors (Lipinski definition) is 3. The van der Waals surface area contributed by atoms with Crippen molar-refractivity contribution in [3.63, 3.8) is 0 Å². The minimum Gasteiger partial charge on any atom is -0.457 e. The molecule has 1 aliphatic heterocycles. The van der Waals surface area contributed by atoms with Crippen LogP contribution in [0.15, 0.2) is 59.5 Å². The van der Waals surface area contributed by atoms with Gasteiger partial charge in [0.1, 0.15) is 17.1 Å². The number of nitrogens with zero attached hydrogens (tertiary/aromatic N) is 1. The summed E-state index contributed by atoms with van der Waals surface area (Å²) in [4.78, 5) is 30.8. The molecule has 0 bridgehead atoms. The first-order valence-corrected chi connectivity index (χ1v) is 9.83. The number of carbonyl (C=O) groups is 1. The summed E-state index contributed by atoms with van der Waals surface area (Å²) >= 11 is 0. The number of aromatic amines is 1. The van der Waals surface area contributed by atoms with Crippen LogP contribution in [0.3, 0.4) is 0 Å². The number of para-hydroxylation sites is 1. The number of carbonyl (C=O) groups excluding carboxylic acids is 1. The van der Waals surface area contributed by atoms with Crippen molar-refractivity contribution in [2.75, 3.05) is 13.1 Å². The van der Waals surface area contributed by atoms with Gasteiger partial charge < -0.3 is 14.6 Å². The smallest absolute Gasteiger partial charge is 0.259 e. The molecule has 2 heterocycles. The second-order valence-corrected chi connectivity index (χ2v) is 7.30. The van der Waals surface area contributed by atoms with Crippen molar-refractivity contribution < 1.29 is 9.53 Å². The Morgan fingerprint density at radius 2 is 1.86 bits per heavy atom. The van der Waals surface area contributed by atoms with E-state index in [1.54, 1.807) is 17.0 Å². The van der Waals surface area contributed by atoms with Crippen LogP contribution in [0, 0.1) is 5.92 Å². The number of pyridine rings is 1. The lowest BCUT2D eigenvalue weighted by Gasteiger charge is -2.31. The summed E-state index contributed by atoms with van der Waals surface area (Å²) in [5, 5.41) is 0.461. The second-order valence-electron chi connectivity index (χ2n) is 7.30. The molecule has 144 valence electrons. The molecule has 1 aromatic heterocycles. The van der Waals surface area contributed by atoms with Crippen molar-refractivity contribution >= 4 is 16.8 Å². The minimum absolute atomic E-state index is 0.188. The number of H-pyrrole nitrogens is 1. The Balaban J connectivity index is 1.62. The molecule has 1 N–H and O–H groups in total. The summed E-state index contributed by atoms with van der Waals surface area (Å²) in [6.07, 6.45) is 4.69. The Hall–Kier alpha value is -3.08. The van der Waals surface area contributed by atoms with Gasteiger partial charge in [-0.3, -0.25) is 9.59 Å². The summed E-state index contributed by atoms with van der Waals surface area (Å²) in [6.45, 7) is 3.61. The van der Waals surface area contributed by atoms with Crippen molar-refractivity contribution in [3.8, 4) is 11.5 Å². The first-order chi connectivity index (χ1) is 13.7. The predicted molar refractivity (Wildman–Crippen MR) is 110 cm³/mol. The SMILES string of the molecule is CCC1CCN(C(=O)c2c[nH]c3ccc(Oc4ccccc4)cc3c2=O)CC1. The van der Waals surface area contributed by atoms with Crippen LogP contribution in [-0.2, 0) is 0 Å². The molecule has 0 saturated carbocycles. The molecule has 4 rings (SSSR count). The van der Waals surface area contributed by atoms with Crippen LogP contribution in [0.5, 0.6) is 11.5 Å². The number of benzene rings is 2. The Kier molecular flexibility index (Phi) is 5.15. The standard InChI is InChI=1S/C23H24N2O3/c1-2-16-10-12-25(13-11-16)23(27)20-15-24-21-9-8-18(14-19(21)22(20)26)28-17-6-4-3-5-7-17/h3-9,14-16H,2,10-13H2,1H3,(H,24,26). The molecule has 0 spiro atoms. The fraction of sp³-hybridized carbons (Fsp3) is 0.304. The lowest BCUT2D eigenvalue weighted by atomic mass is 9.94. The van der Waals surface area contributed by atoms with Gasteiger partial charge in [0.25, 0.3) is 5.91 Å². The van der Waals surface area contributed by atoms with E-state index in [1.165, 1.54) is 6.20 Å². The van der Waals surface area contributed by atoms with Gasteiger partial charge in [0.2, 0.25) is 5.43 Å². The first kappa shape index (κ1) is 18.3. The number of aromatic nitrogens is 1. The number of hydrogen-bond donors (Lipinski definition) is 1. The number of fused-ring (bicyclic) bond motifs is 1. The third-order valence-corrected chi connectivity index (χ3v) is 5.54. The highest BCUT2D eigenvalue weighted by Crippen LogP contribution is 2.24. The number of likely N-dealkylation sites (tertiary alicyclic amines) is 1. The van der Waals surface area contributed by atoms with Crippen LogP contribution in [-0.4, -0.2) is 28.9 Å². The van der Waals surface area contributed by atoms with Gasteiger partial charge in [-0.2, -0.15) is 0 Å². The van der Waals surface area contributed by atoms with Gasteiger partial charge in [-0.05, 0) is 49.1 Å². The highest BCUT2D eigenvalue weighted by atomic mass is 16.5. The summed E-state index contributed by atoms with van der Waals surface area (Å²) in [6, 6.07) is 14.7. The summed E-state index contributed by atoms with van der Waals surface area (Å²) < 4.78 is 5.83. The van der Waals surface area contributed by atoms with Gasteiger partial charge in [0, 0.05) is 30.2 Å². The molecule has 1 aliphatic rings. The molecule has 5 heteroatoms. The van der Waals surface area contributed by atoms with Crippen molar-refractivity contribution in [1.29, 1.82) is 0 Å². The van der Waals surface area contributed by atoms with E-state index < -0.39 is 0 Å².